The molecule has 2 rings (SSSR count). The molecule has 1 N–H and O–H groups in total. The van der Waals surface area contributed by atoms with Crippen molar-refractivity contribution in [2.75, 3.05) is 18.9 Å². The van der Waals surface area contributed by atoms with Crippen molar-refractivity contribution in [3.8, 4) is 11.5 Å². The SMILES string of the molecule is COc1ccc(NS(=O)(=O)c2cc(Cl)c(Cl)cc2Cl)cc1OC. The maximum absolute atomic E-state index is 12.5. The Kier molecular flexibility index (Phi) is 5.52. The quantitative estimate of drug-likeness (QED) is 0.758. The molecule has 2 aromatic rings. The van der Waals surface area contributed by atoms with Gasteiger partial charge in [0.05, 0.1) is 35.0 Å². The lowest BCUT2D eigenvalue weighted by Crippen LogP contribution is -2.13. The monoisotopic (exact) mass is 395 g/mol. The van der Waals surface area contributed by atoms with E-state index in [0.717, 1.165) is 0 Å². The Hall–Kier alpha value is -1.34. The number of rotatable bonds is 5. The summed E-state index contributed by atoms with van der Waals surface area (Å²) in [5.41, 5.74) is 0.282. The lowest BCUT2D eigenvalue weighted by molar-refractivity contribution is 0.355. The van der Waals surface area contributed by atoms with Gasteiger partial charge < -0.3 is 9.47 Å². The van der Waals surface area contributed by atoms with Crippen LogP contribution in [0.1, 0.15) is 0 Å². The third-order valence-corrected chi connectivity index (χ3v) is 5.47. The van der Waals surface area contributed by atoms with Crippen LogP contribution in [0.3, 0.4) is 0 Å². The Balaban J connectivity index is 2.41. The van der Waals surface area contributed by atoms with Crippen LogP contribution < -0.4 is 14.2 Å². The van der Waals surface area contributed by atoms with Gasteiger partial charge in [0.25, 0.3) is 10.0 Å². The second kappa shape index (κ2) is 7.05. The molecule has 0 saturated heterocycles. The minimum absolute atomic E-state index is 0.0348. The van der Waals surface area contributed by atoms with Gasteiger partial charge >= 0.3 is 0 Å². The smallest absolute Gasteiger partial charge is 0.263 e. The zero-order valence-electron chi connectivity index (χ0n) is 12.1. The zero-order chi connectivity index (χ0) is 17.2. The van der Waals surface area contributed by atoms with Crippen LogP contribution in [0, 0.1) is 0 Å². The van der Waals surface area contributed by atoms with Gasteiger partial charge in [0.1, 0.15) is 4.90 Å². The van der Waals surface area contributed by atoms with Gasteiger partial charge in [-0.2, -0.15) is 0 Å². The van der Waals surface area contributed by atoms with Crippen LogP contribution in [0.5, 0.6) is 11.5 Å². The molecule has 23 heavy (non-hydrogen) atoms. The number of sulfonamides is 1. The Morgan fingerprint density at radius 1 is 0.870 bits per heavy atom. The second-order valence-corrected chi connectivity index (χ2v) is 7.24. The van der Waals surface area contributed by atoms with Gasteiger partial charge in [-0.1, -0.05) is 34.8 Å². The predicted molar refractivity (Wildman–Crippen MR) is 91.8 cm³/mol. The van der Waals surface area contributed by atoms with E-state index in [9.17, 15) is 8.42 Å². The van der Waals surface area contributed by atoms with Gasteiger partial charge in [0, 0.05) is 6.07 Å². The topological polar surface area (TPSA) is 64.6 Å². The number of ether oxygens (including phenoxy) is 2. The van der Waals surface area contributed by atoms with Gasteiger partial charge in [-0.25, -0.2) is 8.42 Å². The highest BCUT2D eigenvalue weighted by Crippen LogP contribution is 2.34. The molecular formula is C14H12Cl3NO4S. The number of methoxy groups -OCH3 is 2. The summed E-state index contributed by atoms with van der Waals surface area (Å²) >= 11 is 17.6. The highest BCUT2D eigenvalue weighted by Gasteiger charge is 2.20. The normalized spacial score (nSPS) is 11.2. The summed E-state index contributed by atoms with van der Waals surface area (Å²) in [4.78, 5) is -0.177. The van der Waals surface area contributed by atoms with Gasteiger partial charge in [-0.3, -0.25) is 4.72 Å². The van der Waals surface area contributed by atoms with Gasteiger partial charge in [0.15, 0.2) is 11.5 Å². The molecule has 124 valence electrons. The molecule has 0 aliphatic rings. The maximum atomic E-state index is 12.5. The molecule has 0 saturated carbocycles. The Morgan fingerprint density at radius 3 is 2.09 bits per heavy atom. The average molecular weight is 397 g/mol. The number of halogens is 3. The van der Waals surface area contributed by atoms with E-state index in [0.29, 0.717) is 11.5 Å². The van der Waals surface area contributed by atoms with Crippen molar-refractivity contribution in [3.63, 3.8) is 0 Å². The summed E-state index contributed by atoms with van der Waals surface area (Å²) in [5.74, 6) is 0.857. The number of anilines is 1. The van der Waals surface area contributed by atoms with Crippen LogP contribution in [0.4, 0.5) is 5.69 Å². The van der Waals surface area contributed by atoms with Crippen molar-refractivity contribution in [1.29, 1.82) is 0 Å². The lowest BCUT2D eigenvalue weighted by atomic mass is 10.3. The highest BCUT2D eigenvalue weighted by molar-refractivity contribution is 7.92. The van der Waals surface area contributed by atoms with E-state index in [1.807, 2.05) is 0 Å². The van der Waals surface area contributed by atoms with Gasteiger partial charge in [-0.05, 0) is 24.3 Å². The first kappa shape index (κ1) is 18.0. The second-order valence-electron chi connectivity index (χ2n) is 4.37. The third-order valence-electron chi connectivity index (χ3n) is 2.90. The number of benzene rings is 2. The highest BCUT2D eigenvalue weighted by atomic mass is 35.5. The molecule has 0 amide bonds. The van der Waals surface area contributed by atoms with Crippen molar-refractivity contribution in [3.05, 3.63) is 45.4 Å². The number of hydrogen-bond donors (Lipinski definition) is 1. The predicted octanol–water partition coefficient (Wildman–Crippen LogP) is 4.46. The Labute approximate surface area is 149 Å². The van der Waals surface area contributed by atoms with Crippen LogP contribution >= 0.6 is 34.8 Å². The fourth-order valence-electron chi connectivity index (χ4n) is 1.82. The molecule has 0 aromatic heterocycles. The molecule has 5 nitrogen and oxygen atoms in total. The van der Waals surface area contributed by atoms with E-state index < -0.39 is 10.0 Å². The Bertz CT molecular complexity index is 840. The molecule has 9 heteroatoms. The minimum Gasteiger partial charge on any atom is -0.493 e. The van der Waals surface area contributed by atoms with E-state index >= 15 is 0 Å². The summed E-state index contributed by atoms with van der Waals surface area (Å²) in [6.07, 6.45) is 0. The Morgan fingerprint density at radius 2 is 1.48 bits per heavy atom. The van der Waals surface area contributed by atoms with E-state index in [2.05, 4.69) is 4.72 Å². The summed E-state index contributed by atoms with van der Waals surface area (Å²) in [5, 5.41) is 0.220. The van der Waals surface area contributed by atoms with E-state index in [1.54, 1.807) is 6.07 Å². The van der Waals surface area contributed by atoms with Crippen LogP contribution in [-0.2, 0) is 10.0 Å². The largest absolute Gasteiger partial charge is 0.493 e. The molecule has 0 aliphatic heterocycles. The zero-order valence-corrected chi connectivity index (χ0v) is 15.1. The van der Waals surface area contributed by atoms with Crippen molar-refractivity contribution in [2.24, 2.45) is 0 Å². The van der Waals surface area contributed by atoms with Crippen LogP contribution in [0.15, 0.2) is 35.2 Å². The number of nitrogens with one attached hydrogen (secondary N) is 1. The summed E-state index contributed by atoms with van der Waals surface area (Å²) < 4.78 is 37.6. The van der Waals surface area contributed by atoms with Crippen molar-refractivity contribution >= 4 is 50.5 Å². The van der Waals surface area contributed by atoms with Crippen LogP contribution in [0.25, 0.3) is 0 Å². The minimum atomic E-state index is -3.95. The van der Waals surface area contributed by atoms with Crippen molar-refractivity contribution in [1.82, 2.24) is 0 Å². The lowest BCUT2D eigenvalue weighted by Gasteiger charge is -2.13. The molecule has 0 aliphatic carbocycles. The molecule has 0 atom stereocenters. The molecule has 2 aromatic carbocycles. The molecule has 0 fully saturated rings. The maximum Gasteiger partial charge on any atom is 0.263 e. The number of hydrogen-bond acceptors (Lipinski definition) is 4. The fourth-order valence-corrected chi connectivity index (χ4v) is 3.87. The molecule has 0 radical (unpaired) electrons. The van der Waals surface area contributed by atoms with Crippen LogP contribution in [0.2, 0.25) is 15.1 Å². The standard InChI is InChI=1S/C14H12Cl3NO4S/c1-21-12-4-3-8(5-13(12)22-2)18-23(19,20)14-7-10(16)9(15)6-11(14)17/h3-7,18H,1-2H3. The summed E-state index contributed by atoms with van der Waals surface area (Å²) in [6, 6.07) is 7.06. The van der Waals surface area contributed by atoms with Gasteiger partial charge in [0.2, 0.25) is 0 Å². The molecule has 0 heterocycles. The van der Waals surface area contributed by atoms with Gasteiger partial charge in [-0.15, -0.1) is 0 Å². The molecule has 0 unspecified atom stereocenters. The first-order valence-corrected chi connectivity index (χ1v) is 8.79. The first-order chi connectivity index (χ1) is 10.8. The van der Waals surface area contributed by atoms with E-state index in [4.69, 9.17) is 44.3 Å². The molecule has 0 bridgehead atoms. The molecule has 0 spiro atoms. The van der Waals surface area contributed by atoms with E-state index in [-0.39, 0.29) is 25.7 Å². The third kappa shape index (κ3) is 3.95. The van der Waals surface area contributed by atoms with E-state index in [1.165, 1.54) is 38.5 Å². The fraction of sp³-hybridized carbons (Fsp3) is 0.143. The summed E-state index contributed by atoms with van der Waals surface area (Å²) in [6.45, 7) is 0. The molecular weight excluding hydrogens is 385 g/mol. The first-order valence-electron chi connectivity index (χ1n) is 6.18. The van der Waals surface area contributed by atoms with Crippen LogP contribution in [-0.4, -0.2) is 22.6 Å². The van der Waals surface area contributed by atoms with Crippen molar-refractivity contribution < 1.29 is 17.9 Å². The van der Waals surface area contributed by atoms with Crippen molar-refractivity contribution in [2.45, 2.75) is 4.90 Å². The summed E-state index contributed by atoms with van der Waals surface area (Å²) in [7, 11) is -1.02. The average Bonchev–Trinajstić information content (AvgIpc) is 2.50.